The molecule has 0 aliphatic carbocycles. The Bertz CT molecular complexity index is 425. The normalized spacial score (nSPS) is 24.4. The number of benzene rings is 1. The van der Waals surface area contributed by atoms with E-state index < -0.39 is 0 Å². The van der Waals surface area contributed by atoms with Crippen LogP contribution >= 0.6 is 11.6 Å². The highest BCUT2D eigenvalue weighted by Crippen LogP contribution is 2.29. The molecule has 0 radical (unpaired) electrons. The van der Waals surface area contributed by atoms with Crippen LogP contribution in [0.4, 0.5) is 0 Å². The van der Waals surface area contributed by atoms with E-state index >= 15 is 0 Å². The van der Waals surface area contributed by atoms with Gasteiger partial charge in [-0.1, -0.05) is 18.0 Å². The monoisotopic (exact) mass is 282 g/mol. The van der Waals surface area contributed by atoms with Crippen LogP contribution in [-0.4, -0.2) is 30.6 Å². The van der Waals surface area contributed by atoms with Crippen molar-refractivity contribution < 1.29 is 4.74 Å². The quantitative estimate of drug-likeness (QED) is 0.922. The summed E-state index contributed by atoms with van der Waals surface area (Å²) in [5.74, 6) is 0.901. The molecule has 4 heteroatoms. The van der Waals surface area contributed by atoms with Gasteiger partial charge in [-0.15, -0.1) is 0 Å². The van der Waals surface area contributed by atoms with E-state index in [1.807, 2.05) is 18.2 Å². The summed E-state index contributed by atoms with van der Waals surface area (Å²) in [7, 11) is 1.70. The van der Waals surface area contributed by atoms with Gasteiger partial charge in [0.15, 0.2) is 0 Å². The first-order chi connectivity index (χ1) is 9.15. The average molecular weight is 283 g/mol. The average Bonchev–Trinajstić information content (AvgIpc) is 2.41. The summed E-state index contributed by atoms with van der Waals surface area (Å²) in [5.41, 5.74) is 7.05. The SMILES string of the molecule is COc1ccc(Cl)cc1CN1C(C)CCCC1CN. The van der Waals surface area contributed by atoms with Gasteiger partial charge < -0.3 is 10.5 Å². The van der Waals surface area contributed by atoms with Crippen LogP contribution in [-0.2, 0) is 6.54 Å². The number of nitrogens with zero attached hydrogens (tertiary/aromatic N) is 1. The molecule has 1 aliphatic rings. The second-order valence-electron chi connectivity index (χ2n) is 5.30. The molecule has 2 rings (SSSR count). The molecule has 1 saturated heterocycles. The first-order valence-corrected chi connectivity index (χ1v) is 7.31. The molecule has 2 N–H and O–H groups in total. The van der Waals surface area contributed by atoms with Gasteiger partial charge in [-0.2, -0.15) is 0 Å². The standard InChI is InChI=1S/C15H23ClN2O/c1-11-4-3-5-14(9-17)18(11)10-12-8-13(16)6-7-15(12)19-2/h6-8,11,14H,3-5,9-10,17H2,1-2H3. The van der Waals surface area contributed by atoms with Crippen LogP contribution in [0.25, 0.3) is 0 Å². The fourth-order valence-corrected chi connectivity index (χ4v) is 3.14. The molecule has 0 spiro atoms. The fraction of sp³-hybridized carbons (Fsp3) is 0.600. The van der Waals surface area contributed by atoms with Crippen molar-refractivity contribution in [2.45, 2.75) is 44.8 Å². The molecule has 0 bridgehead atoms. The van der Waals surface area contributed by atoms with Crippen LogP contribution in [0, 0.1) is 0 Å². The Morgan fingerprint density at radius 2 is 2.21 bits per heavy atom. The number of nitrogens with two attached hydrogens (primary N) is 1. The maximum Gasteiger partial charge on any atom is 0.123 e. The van der Waals surface area contributed by atoms with Gasteiger partial charge in [-0.25, -0.2) is 0 Å². The molecule has 1 aromatic rings. The zero-order chi connectivity index (χ0) is 13.8. The summed E-state index contributed by atoms with van der Waals surface area (Å²) >= 11 is 6.10. The summed E-state index contributed by atoms with van der Waals surface area (Å²) in [6.45, 7) is 3.85. The van der Waals surface area contributed by atoms with Gasteiger partial charge in [0, 0.05) is 35.8 Å². The molecule has 1 aliphatic heterocycles. The number of piperidine rings is 1. The van der Waals surface area contributed by atoms with Gasteiger partial charge in [-0.05, 0) is 38.0 Å². The number of hydrogen-bond donors (Lipinski definition) is 1. The van der Waals surface area contributed by atoms with Gasteiger partial charge in [0.05, 0.1) is 7.11 Å². The van der Waals surface area contributed by atoms with Crippen molar-refractivity contribution in [1.82, 2.24) is 4.90 Å². The third-order valence-corrected chi connectivity index (χ3v) is 4.30. The van der Waals surface area contributed by atoms with Crippen LogP contribution < -0.4 is 10.5 Å². The van der Waals surface area contributed by atoms with Crippen molar-refractivity contribution in [2.75, 3.05) is 13.7 Å². The van der Waals surface area contributed by atoms with E-state index in [4.69, 9.17) is 22.1 Å². The highest BCUT2D eigenvalue weighted by molar-refractivity contribution is 6.30. The lowest BCUT2D eigenvalue weighted by Crippen LogP contribution is -2.48. The molecule has 19 heavy (non-hydrogen) atoms. The van der Waals surface area contributed by atoms with Crippen LogP contribution in [0.2, 0.25) is 5.02 Å². The smallest absolute Gasteiger partial charge is 0.123 e. The van der Waals surface area contributed by atoms with Gasteiger partial charge in [-0.3, -0.25) is 4.90 Å². The maximum absolute atomic E-state index is 6.10. The van der Waals surface area contributed by atoms with E-state index in [0.717, 1.165) is 22.9 Å². The van der Waals surface area contributed by atoms with Gasteiger partial charge >= 0.3 is 0 Å². The zero-order valence-corrected chi connectivity index (χ0v) is 12.5. The summed E-state index contributed by atoms with van der Waals surface area (Å²) in [4.78, 5) is 2.48. The molecule has 2 unspecified atom stereocenters. The van der Waals surface area contributed by atoms with Gasteiger partial charge in [0.25, 0.3) is 0 Å². The van der Waals surface area contributed by atoms with Crippen LogP contribution in [0.1, 0.15) is 31.7 Å². The third kappa shape index (κ3) is 3.41. The minimum Gasteiger partial charge on any atom is -0.496 e. The van der Waals surface area contributed by atoms with E-state index in [0.29, 0.717) is 18.6 Å². The predicted octanol–water partition coefficient (Wildman–Crippen LogP) is 3.05. The number of halogens is 1. The Morgan fingerprint density at radius 1 is 1.42 bits per heavy atom. The second-order valence-corrected chi connectivity index (χ2v) is 5.73. The molecule has 106 valence electrons. The van der Waals surface area contributed by atoms with Gasteiger partial charge in [0.1, 0.15) is 5.75 Å². The minimum absolute atomic E-state index is 0.465. The maximum atomic E-state index is 6.10. The molecule has 1 aromatic carbocycles. The first kappa shape index (κ1) is 14.6. The third-order valence-electron chi connectivity index (χ3n) is 4.06. The molecular weight excluding hydrogens is 260 g/mol. The number of likely N-dealkylation sites (tertiary alicyclic amines) is 1. The molecule has 1 fully saturated rings. The molecule has 1 heterocycles. The van der Waals surface area contributed by atoms with Gasteiger partial charge in [0.2, 0.25) is 0 Å². The Kier molecular flexibility index (Phi) is 5.08. The number of rotatable bonds is 4. The molecule has 0 saturated carbocycles. The highest BCUT2D eigenvalue weighted by Gasteiger charge is 2.27. The molecule has 0 amide bonds. The minimum atomic E-state index is 0.465. The van der Waals surface area contributed by atoms with E-state index in [1.165, 1.54) is 19.3 Å². The van der Waals surface area contributed by atoms with Crippen molar-refractivity contribution in [2.24, 2.45) is 5.73 Å². The van der Waals surface area contributed by atoms with Crippen LogP contribution in [0.15, 0.2) is 18.2 Å². The van der Waals surface area contributed by atoms with E-state index in [1.54, 1.807) is 7.11 Å². The molecular formula is C15H23ClN2O. The van der Waals surface area contributed by atoms with Crippen molar-refractivity contribution in [3.8, 4) is 5.75 Å². The van der Waals surface area contributed by atoms with Crippen molar-refractivity contribution in [3.63, 3.8) is 0 Å². The zero-order valence-electron chi connectivity index (χ0n) is 11.7. The lowest BCUT2D eigenvalue weighted by molar-refractivity contribution is 0.0883. The number of hydrogen-bond acceptors (Lipinski definition) is 3. The predicted molar refractivity (Wildman–Crippen MR) is 79.7 cm³/mol. The first-order valence-electron chi connectivity index (χ1n) is 6.94. The number of methoxy groups -OCH3 is 1. The second kappa shape index (κ2) is 6.60. The summed E-state index contributed by atoms with van der Waals surface area (Å²) < 4.78 is 5.43. The Labute approximate surface area is 120 Å². The highest BCUT2D eigenvalue weighted by atomic mass is 35.5. The summed E-state index contributed by atoms with van der Waals surface area (Å²) in [5, 5.41) is 0.754. The fourth-order valence-electron chi connectivity index (χ4n) is 2.95. The van der Waals surface area contributed by atoms with Crippen LogP contribution in [0.3, 0.4) is 0 Å². The van der Waals surface area contributed by atoms with E-state index in [-0.39, 0.29) is 0 Å². The Hall–Kier alpha value is -0.770. The lowest BCUT2D eigenvalue weighted by atomic mass is 9.95. The van der Waals surface area contributed by atoms with Crippen molar-refractivity contribution in [3.05, 3.63) is 28.8 Å². The van der Waals surface area contributed by atoms with E-state index in [2.05, 4.69) is 11.8 Å². The molecule has 3 nitrogen and oxygen atoms in total. The summed E-state index contributed by atoms with van der Waals surface area (Å²) in [6.07, 6.45) is 3.69. The van der Waals surface area contributed by atoms with Crippen molar-refractivity contribution >= 4 is 11.6 Å². The Balaban J connectivity index is 2.20. The lowest BCUT2D eigenvalue weighted by Gasteiger charge is -2.40. The largest absolute Gasteiger partial charge is 0.496 e. The summed E-state index contributed by atoms with van der Waals surface area (Å²) in [6, 6.07) is 6.82. The van der Waals surface area contributed by atoms with E-state index in [9.17, 15) is 0 Å². The van der Waals surface area contributed by atoms with Crippen molar-refractivity contribution in [1.29, 1.82) is 0 Å². The van der Waals surface area contributed by atoms with Crippen LogP contribution in [0.5, 0.6) is 5.75 Å². The number of ether oxygens (including phenoxy) is 1. The topological polar surface area (TPSA) is 38.5 Å². The molecule has 2 atom stereocenters. The molecule has 0 aromatic heterocycles. The Morgan fingerprint density at radius 3 is 2.89 bits per heavy atom.